The van der Waals surface area contributed by atoms with Crippen LogP contribution in [0, 0.1) is 0 Å². The van der Waals surface area contributed by atoms with E-state index in [9.17, 15) is 0 Å². The molecule has 4 heteroatoms. The summed E-state index contributed by atoms with van der Waals surface area (Å²) in [6.07, 6.45) is 5.29. The van der Waals surface area contributed by atoms with Gasteiger partial charge in [0, 0.05) is 18.6 Å². The van der Waals surface area contributed by atoms with E-state index >= 15 is 0 Å². The summed E-state index contributed by atoms with van der Waals surface area (Å²) in [5, 5.41) is 0. The third-order valence-electron chi connectivity index (χ3n) is 2.94. The average molecular weight is 274 g/mol. The Balaban J connectivity index is 1.97. The maximum Gasteiger partial charge on any atom is 0.109 e. The van der Waals surface area contributed by atoms with Gasteiger partial charge in [-0.3, -0.25) is 19.9 Å². The summed E-state index contributed by atoms with van der Waals surface area (Å²) in [5.41, 5.74) is 3.32. The van der Waals surface area contributed by atoms with Gasteiger partial charge in [0.1, 0.15) is 5.71 Å². The lowest BCUT2D eigenvalue weighted by Gasteiger charge is -2.05. The fourth-order valence-electron chi connectivity index (χ4n) is 1.95. The highest BCUT2D eigenvalue weighted by molar-refractivity contribution is 6.10. The van der Waals surface area contributed by atoms with Crippen molar-refractivity contribution in [3.8, 4) is 0 Å². The topological polar surface area (TPSA) is 51.0 Å². The molecule has 21 heavy (non-hydrogen) atoms. The molecule has 3 aromatic rings. The van der Waals surface area contributed by atoms with E-state index in [1.165, 1.54) is 0 Å². The van der Waals surface area contributed by atoms with Crippen LogP contribution in [0.4, 0.5) is 0 Å². The van der Waals surface area contributed by atoms with Gasteiger partial charge in [-0.25, -0.2) is 0 Å². The van der Waals surface area contributed by atoms with Gasteiger partial charge in [0.25, 0.3) is 0 Å². The first kappa shape index (κ1) is 13.1. The van der Waals surface area contributed by atoms with Crippen molar-refractivity contribution in [2.24, 2.45) is 4.99 Å². The lowest BCUT2D eigenvalue weighted by molar-refractivity contribution is 0.985. The summed E-state index contributed by atoms with van der Waals surface area (Å²) < 4.78 is 0. The quantitative estimate of drug-likeness (QED) is 0.687. The standard InChI is InChI=1S/C17H14N4/c1-4-10-18-14(7-1)13-21-17(15-8-2-5-11-19-15)16-9-3-6-12-20-16/h1-12H,13H2. The van der Waals surface area contributed by atoms with Gasteiger partial charge < -0.3 is 0 Å². The van der Waals surface area contributed by atoms with E-state index in [2.05, 4.69) is 19.9 Å². The van der Waals surface area contributed by atoms with Crippen molar-refractivity contribution < 1.29 is 0 Å². The largest absolute Gasteiger partial charge is 0.274 e. The summed E-state index contributed by atoms with van der Waals surface area (Å²) >= 11 is 0. The molecule has 0 aliphatic carbocycles. The molecule has 0 unspecified atom stereocenters. The number of hydrogen-bond donors (Lipinski definition) is 0. The Bertz CT molecular complexity index is 668. The Morgan fingerprint density at radius 2 is 1.29 bits per heavy atom. The van der Waals surface area contributed by atoms with E-state index in [4.69, 9.17) is 0 Å². The zero-order valence-corrected chi connectivity index (χ0v) is 11.4. The Morgan fingerprint density at radius 1 is 0.714 bits per heavy atom. The molecule has 0 aliphatic heterocycles. The minimum absolute atomic E-state index is 0.503. The average Bonchev–Trinajstić information content (AvgIpc) is 2.58. The monoisotopic (exact) mass is 274 g/mol. The molecule has 0 atom stereocenters. The van der Waals surface area contributed by atoms with E-state index < -0.39 is 0 Å². The van der Waals surface area contributed by atoms with Gasteiger partial charge in [-0.1, -0.05) is 18.2 Å². The molecule has 0 aromatic carbocycles. The molecule has 3 heterocycles. The highest BCUT2D eigenvalue weighted by Crippen LogP contribution is 2.08. The molecule has 3 rings (SSSR count). The van der Waals surface area contributed by atoms with Crippen LogP contribution in [0.1, 0.15) is 17.1 Å². The molecular formula is C17H14N4. The smallest absolute Gasteiger partial charge is 0.109 e. The highest BCUT2D eigenvalue weighted by Gasteiger charge is 2.08. The number of rotatable bonds is 4. The van der Waals surface area contributed by atoms with Crippen LogP contribution in [-0.4, -0.2) is 20.7 Å². The molecular weight excluding hydrogens is 260 g/mol. The Morgan fingerprint density at radius 3 is 1.76 bits per heavy atom. The molecule has 0 fully saturated rings. The number of hydrogen-bond acceptors (Lipinski definition) is 4. The van der Waals surface area contributed by atoms with Crippen molar-refractivity contribution in [3.05, 3.63) is 90.3 Å². The van der Waals surface area contributed by atoms with Gasteiger partial charge in [-0.05, 0) is 36.4 Å². The molecule has 0 spiro atoms. The van der Waals surface area contributed by atoms with E-state index in [1.54, 1.807) is 18.6 Å². The molecule has 102 valence electrons. The Hall–Kier alpha value is -2.88. The first-order chi connectivity index (χ1) is 10.4. The van der Waals surface area contributed by atoms with Crippen molar-refractivity contribution in [1.29, 1.82) is 0 Å². The van der Waals surface area contributed by atoms with E-state index in [-0.39, 0.29) is 0 Å². The van der Waals surface area contributed by atoms with Crippen molar-refractivity contribution in [2.75, 3.05) is 0 Å². The molecule has 0 bridgehead atoms. The number of nitrogens with zero attached hydrogens (tertiary/aromatic N) is 4. The molecule has 0 amide bonds. The van der Waals surface area contributed by atoms with Crippen molar-refractivity contribution in [1.82, 2.24) is 15.0 Å². The molecule has 4 nitrogen and oxygen atoms in total. The van der Waals surface area contributed by atoms with Crippen LogP contribution in [-0.2, 0) is 6.54 Å². The van der Waals surface area contributed by atoms with Crippen LogP contribution < -0.4 is 0 Å². The zero-order chi connectivity index (χ0) is 14.3. The number of pyridine rings is 3. The van der Waals surface area contributed by atoms with E-state index in [0.717, 1.165) is 22.8 Å². The summed E-state index contributed by atoms with van der Waals surface area (Å²) in [6.45, 7) is 0.503. The normalized spacial score (nSPS) is 10.1. The fraction of sp³-hybridized carbons (Fsp3) is 0.0588. The predicted octanol–water partition coefficient (Wildman–Crippen LogP) is 2.91. The number of aromatic nitrogens is 3. The first-order valence-corrected chi connectivity index (χ1v) is 6.70. The van der Waals surface area contributed by atoms with Gasteiger partial charge in [-0.2, -0.15) is 0 Å². The van der Waals surface area contributed by atoms with Crippen molar-refractivity contribution >= 4 is 5.71 Å². The maximum absolute atomic E-state index is 4.66. The summed E-state index contributed by atoms with van der Waals surface area (Å²) in [7, 11) is 0. The highest BCUT2D eigenvalue weighted by atomic mass is 14.9. The molecule has 3 aromatic heterocycles. The number of aliphatic imine (C=N–C) groups is 1. The summed E-state index contributed by atoms with van der Waals surface area (Å²) in [5.74, 6) is 0. The van der Waals surface area contributed by atoms with Crippen LogP contribution in [0.3, 0.4) is 0 Å². The summed E-state index contributed by atoms with van der Waals surface area (Å²) in [6, 6.07) is 17.3. The van der Waals surface area contributed by atoms with Gasteiger partial charge >= 0.3 is 0 Å². The van der Waals surface area contributed by atoms with Gasteiger partial charge in [0.15, 0.2) is 0 Å². The molecule has 0 radical (unpaired) electrons. The van der Waals surface area contributed by atoms with Crippen LogP contribution in [0.15, 0.2) is 78.2 Å². The molecule has 0 aliphatic rings. The van der Waals surface area contributed by atoms with E-state index in [1.807, 2.05) is 54.6 Å². The van der Waals surface area contributed by atoms with Gasteiger partial charge in [-0.15, -0.1) is 0 Å². The molecule has 0 saturated carbocycles. The van der Waals surface area contributed by atoms with Gasteiger partial charge in [0.2, 0.25) is 0 Å². The van der Waals surface area contributed by atoms with Crippen LogP contribution in [0.5, 0.6) is 0 Å². The SMILES string of the molecule is c1ccc(CN=C(c2ccccn2)c2ccccn2)nc1. The third-order valence-corrected chi connectivity index (χ3v) is 2.94. The Kier molecular flexibility index (Phi) is 4.07. The fourth-order valence-corrected chi connectivity index (χ4v) is 1.95. The van der Waals surface area contributed by atoms with Gasteiger partial charge in [0.05, 0.1) is 23.6 Å². The maximum atomic E-state index is 4.66. The van der Waals surface area contributed by atoms with E-state index in [0.29, 0.717) is 6.54 Å². The van der Waals surface area contributed by atoms with Crippen LogP contribution in [0.2, 0.25) is 0 Å². The molecule has 0 N–H and O–H groups in total. The van der Waals surface area contributed by atoms with Crippen molar-refractivity contribution in [3.63, 3.8) is 0 Å². The second-order valence-electron chi connectivity index (χ2n) is 4.42. The Labute approximate surface area is 123 Å². The summed E-state index contributed by atoms with van der Waals surface area (Å²) in [4.78, 5) is 17.7. The van der Waals surface area contributed by atoms with Crippen LogP contribution >= 0.6 is 0 Å². The lowest BCUT2D eigenvalue weighted by Crippen LogP contribution is -2.08. The van der Waals surface area contributed by atoms with Crippen molar-refractivity contribution in [2.45, 2.75) is 6.54 Å². The second kappa shape index (κ2) is 6.52. The molecule has 0 saturated heterocycles. The lowest BCUT2D eigenvalue weighted by atomic mass is 10.1. The predicted molar refractivity (Wildman–Crippen MR) is 82.1 cm³/mol. The van der Waals surface area contributed by atoms with Crippen LogP contribution in [0.25, 0.3) is 0 Å². The first-order valence-electron chi connectivity index (χ1n) is 6.70. The third kappa shape index (κ3) is 3.36. The second-order valence-corrected chi connectivity index (χ2v) is 4.42. The minimum atomic E-state index is 0.503. The zero-order valence-electron chi connectivity index (χ0n) is 11.4. The minimum Gasteiger partial charge on any atom is -0.274 e.